The average Bonchev–Trinajstić information content (AvgIpc) is 3.15. The lowest BCUT2D eigenvalue weighted by Crippen LogP contribution is -2.25. The molecule has 4 rings (SSSR count). The zero-order valence-corrected chi connectivity index (χ0v) is 31.7. The molecular formula is C42H62F4O6. The summed E-state index contributed by atoms with van der Waals surface area (Å²) in [5.41, 5.74) is 0. The molecule has 0 unspecified atom stereocenters. The lowest BCUT2D eigenvalue weighted by Gasteiger charge is -2.28. The highest BCUT2D eigenvalue weighted by Gasteiger charge is 2.25. The van der Waals surface area contributed by atoms with E-state index in [1.54, 1.807) is 13.8 Å². The van der Waals surface area contributed by atoms with Gasteiger partial charge >= 0.3 is 0 Å². The molecule has 0 spiro atoms. The summed E-state index contributed by atoms with van der Waals surface area (Å²) >= 11 is 0. The van der Waals surface area contributed by atoms with Gasteiger partial charge in [0.05, 0.1) is 38.6 Å². The molecule has 2 aliphatic rings. The summed E-state index contributed by atoms with van der Waals surface area (Å²) in [7, 11) is 0. The van der Waals surface area contributed by atoms with Crippen LogP contribution in [0.2, 0.25) is 0 Å². The van der Waals surface area contributed by atoms with E-state index in [2.05, 4.69) is 6.92 Å². The van der Waals surface area contributed by atoms with E-state index >= 15 is 0 Å². The number of hydrogen-bond acceptors (Lipinski definition) is 6. The largest absolute Gasteiger partial charge is 0.491 e. The van der Waals surface area contributed by atoms with Gasteiger partial charge in [-0.15, -0.1) is 0 Å². The van der Waals surface area contributed by atoms with Crippen LogP contribution in [-0.2, 0) is 9.47 Å². The van der Waals surface area contributed by atoms with Crippen LogP contribution in [0.15, 0.2) is 24.3 Å². The summed E-state index contributed by atoms with van der Waals surface area (Å²) in [5, 5.41) is 0. The predicted molar refractivity (Wildman–Crippen MR) is 196 cm³/mol. The Bertz CT molecular complexity index is 1200. The van der Waals surface area contributed by atoms with Gasteiger partial charge in [0, 0.05) is 13.2 Å². The Kier molecular flexibility index (Phi) is 18.7. The van der Waals surface area contributed by atoms with Crippen molar-refractivity contribution in [2.75, 3.05) is 39.6 Å². The van der Waals surface area contributed by atoms with E-state index in [-0.39, 0.29) is 48.4 Å². The molecule has 2 saturated carbocycles. The normalized spacial score (nSPS) is 21.1. The molecule has 0 aliphatic heterocycles. The zero-order valence-electron chi connectivity index (χ0n) is 31.7. The van der Waals surface area contributed by atoms with E-state index in [1.165, 1.54) is 62.8 Å². The minimum absolute atomic E-state index is 0.0584. The van der Waals surface area contributed by atoms with E-state index in [9.17, 15) is 17.6 Å². The van der Waals surface area contributed by atoms with E-state index < -0.39 is 23.3 Å². The Morgan fingerprint density at radius 2 is 0.846 bits per heavy atom. The predicted octanol–water partition coefficient (Wildman–Crippen LogP) is 11.4. The standard InChI is InChI=1S/C42H62F4O6/c1-4-47-35-22-24-37(41(45)39(35)43)51-28-31-14-18-33(19-15-31)49-26-10-6-8-12-30(3)13-9-7-11-27-50-34-20-16-32(17-21-34)29-52-38-25-23-36(48-5-2)40(44)42(38)46/h22-25,30-34H,4-21,26-29H2,1-3H3. The summed E-state index contributed by atoms with van der Waals surface area (Å²) < 4.78 is 90.6. The van der Waals surface area contributed by atoms with Gasteiger partial charge in [-0.1, -0.05) is 45.4 Å². The summed E-state index contributed by atoms with van der Waals surface area (Å²) in [4.78, 5) is 0. The number of rotatable bonds is 24. The Balaban J connectivity index is 0.927. The van der Waals surface area contributed by atoms with Crippen molar-refractivity contribution in [1.29, 1.82) is 0 Å². The van der Waals surface area contributed by atoms with Crippen molar-refractivity contribution in [3.8, 4) is 23.0 Å². The first kappa shape index (κ1) is 42.0. The smallest absolute Gasteiger partial charge is 0.204 e. The van der Waals surface area contributed by atoms with Gasteiger partial charge in [0.1, 0.15) is 0 Å². The molecule has 0 radical (unpaired) electrons. The summed E-state index contributed by atoms with van der Waals surface area (Å²) in [5.74, 6) is -2.89. The van der Waals surface area contributed by atoms with E-state index in [0.717, 1.165) is 83.3 Å². The summed E-state index contributed by atoms with van der Waals surface area (Å²) in [6.45, 7) is 8.73. The van der Waals surface area contributed by atoms with Gasteiger partial charge < -0.3 is 28.4 Å². The summed E-state index contributed by atoms with van der Waals surface area (Å²) in [6, 6.07) is 5.71. The highest BCUT2D eigenvalue weighted by atomic mass is 19.2. The second-order valence-electron chi connectivity index (χ2n) is 14.7. The third-order valence-electron chi connectivity index (χ3n) is 10.5. The molecule has 0 heterocycles. The van der Waals surface area contributed by atoms with Gasteiger partial charge in [0.25, 0.3) is 0 Å². The Morgan fingerprint density at radius 1 is 0.500 bits per heavy atom. The van der Waals surface area contributed by atoms with Crippen molar-refractivity contribution in [3.63, 3.8) is 0 Å². The third-order valence-corrected chi connectivity index (χ3v) is 10.5. The minimum Gasteiger partial charge on any atom is -0.491 e. The maximum absolute atomic E-state index is 14.3. The van der Waals surface area contributed by atoms with E-state index in [1.807, 2.05) is 0 Å². The molecule has 2 aliphatic carbocycles. The quantitative estimate of drug-likeness (QED) is 0.0789. The minimum atomic E-state index is -0.997. The SMILES string of the molecule is CCOc1ccc(OCC2CCC(OCCCCCC(C)CCCCCOC3CCC(COc4ccc(OCC)c(F)c4F)CC3)CC2)c(F)c1F. The monoisotopic (exact) mass is 738 g/mol. The van der Waals surface area contributed by atoms with Gasteiger partial charge in [-0.3, -0.25) is 0 Å². The second-order valence-corrected chi connectivity index (χ2v) is 14.7. The maximum atomic E-state index is 14.3. The van der Waals surface area contributed by atoms with Gasteiger partial charge in [0.15, 0.2) is 23.0 Å². The fourth-order valence-corrected chi connectivity index (χ4v) is 7.32. The van der Waals surface area contributed by atoms with Crippen LogP contribution in [-0.4, -0.2) is 51.8 Å². The lowest BCUT2D eigenvalue weighted by molar-refractivity contribution is 0.0107. The first-order valence-corrected chi connectivity index (χ1v) is 20.0. The molecule has 0 atom stereocenters. The number of halogens is 4. The fourth-order valence-electron chi connectivity index (χ4n) is 7.32. The van der Waals surface area contributed by atoms with Crippen molar-refractivity contribution >= 4 is 0 Å². The van der Waals surface area contributed by atoms with E-state index in [0.29, 0.717) is 25.0 Å². The fraction of sp³-hybridized carbons (Fsp3) is 0.714. The molecule has 10 heteroatoms. The third kappa shape index (κ3) is 13.9. The number of ether oxygens (including phenoxy) is 6. The molecule has 0 N–H and O–H groups in total. The Morgan fingerprint density at radius 3 is 1.19 bits per heavy atom. The Hall–Kier alpha value is -2.72. The topological polar surface area (TPSA) is 55.4 Å². The van der Waals surface area contributed by atoms with Gasteiger partial charge in [0.2, 0.25) is 23.3 Å². The van der Waals surface area contributed by atoms with Gasteiger partial charge in [-0.05, 0) is 120 Å². The average molecular weight is 739 g/mol. The second kappa shape index (κ2) is 23.1. The highest BCUT2D eigenvalue weighted by molar-refractivity contribution is 5.35. The maximum Gasteiger partial charge on any atom is 0.204 e. The van der Waals surface area contributed by atoms with Crippen LogP contribution in [0.5, 0.6) is 23.0 Å². The number of hydrogen-bond donors (Lipinski definition) is 0. The van der Waals surface area contributed by atoms with Gasteiger partial charge in [-0.25, -0.2) is 0 Å². The molecule has 2 fully saturated rings. The van der Waals surface area contributed by atoms with Crippen LogP contribution in [0.4, 0.5) is 17.6 Å². The zero-order chi connectivity index (χ0) is 37.1. The van der Waals surface area contributed by atoms with E-state index in [4.69, 9.17) is 28.4 Å². The highest BCUT2D eigenvalue weighted by Crippen LogP contribution is 2.32. The van der Waals surface area contributed by atoms with Crippen LogP contribution in [0, 0.1) is 41.0 Å². The number of benzene rings is 2. The molecular weight excluding hydrogens is 676 g/mol. The van der Waals surface area contributed by atoms with Crippen LogP contribution in [0.25, 0.3) is 0 Å². The molecule has 52 heavy (non-hydrogen) atoms. The first-order valence-electron chi connectivity index (χ1n) is 20.0. The molecule has 0 aromatic heterocycles. The molecule has 2 aromatic carbocycles. The molecule has 2 aromatic rings. The molecule has 0 bridgehead atoms. The first-order chi connectivity index (χ1) is 25.3. The Labute approximate surface area is 309 Å². The van der Waals surface area contributed by atoms with Crippen LogP contribution >= 0.6 is 0 Å². The van der Waals surface area contributed by atoms with Crippen LogP contribution in [0.1, 0.15) is 124 Å². The van der Waals surface area contributed by atoms with Crippen molar-refractivity contribution < 1.29 is 46.0 Å². The molecule has 0 saturated heterocycles. The van der Waals surface area contributed by atoms with Crippen molar-refractivity contribution in [1.82, 2.24) is 0 Å². The van der Waals surface area contributed by atoms with Crippen LogP contribution < -0.4 is 18.9 Å². The van der Waals surface area contributed by atoms with Gasteiger partial charge in [-0.2, -0.15) is 17.6 Å². The molecule has 6 nitrogen and oxygen atoms in total. The van der Waals surface area contributed by atoms with Crippen LogP contribution in [0.3, 0.4) is 0 Å². The molecule has 0 amide bonds. The summed E-state index contributed by atoms with van der Waals surface area (Å²) in [6.07, 6.45) is 17.9. The van der Waals surface area contributed by atoms with Crippen molar-refractivity contribution in [3.05, 3.63) is 47.5 Å². The lowest BCUT2D eigenvalue weighted by atomic mass is 9.88. The van der Waals surface area contributed by atoms with Crippen molar-refractivity contribution in [2.24, 2.45) is 17.8 Å². The number of unbranched alkanes of at least 4 members (excludes halogenated alkanes) is 4. The van der Waals surface area contributed by atoms with Crippen molar-refractivity contribution in [2.45, 2.75) is 136 Å². The molecule has 294 valence electrons.